The van der Waals surface area contributed by atoms with Crippen molar-refractivity contribution in [2.45, 2.75) is 26.9 Å². The van der Waals surface area contributed by atoms with Crippen molar-refractivity contribution >= 4 is 23.4 Å². The summed E-state index contributed by atoms with van der Waals surface area (Å²) in [5, 5.41) is 5.42. The number of hydrogen-bond acceptors (Lipinski definition) is 4. The monoisotopic (exact) mass is 342 g/mol. The molecule has 0 heterocycles. The maximum atomic E-state index is 12.3. The van der Waals surface area contributed by atoms with E-state index in [4.69, 9.17) is 4.74 Å². The van der Waals surface area contributed by atoms with E-state index in [0.29, 0.717) is 11.4 Å². The Bertz CT molecular complexity index is 757. The van der Waals surface area contributed by atoms with Crippen LogP contribution in [0.15, 0.2) is 42.5 Å². The number of carbonyl (C=O) groups is 2. The summed E-state index contributed by atoms with van der Waals surface area (Å²) in [7, 11) is 1.29. The summed E-state index contributed by atoms with van der Waals surface area (Å²) in [6.45, 7) is 5.59. The molecule has 1 atom stereocenters. The Hall–Kier alpha value is -3.02. The third-order valence-electron chi connectivity index (χ3n) is 3.62. The molecule has 0 aliphatic carbocycles. The van der Waals surface area contributed by atoms with Crippen molar-refractivity contribution in [3.05, 3.63) is 53.6 Å². The van der Waals surface area contributed by atoms with Gasteiger partial charge < -0.3 is 14.8 Å². The van der Waals surface area contributed by atoms with Crippen LogP contribution in [0.25, 0.3) is 0 Å². The number of hydrogen-bond donors (Lipinski definition) is 2. The second kappa shape index (κ2) is 8.19. The molecule has 132 valence electrons. The lowest BCUT2D eigenvalue weighted by Gasteiger charge is -2.16. The third kappa shape index (κ3) is 5.24. The molecule has 6 nitrogen and oxygen atoms in total. The van der Waals surface area contributed by atoms with Gasteiger partial charge in [-0.15, -0.1) is 0 Å². The molecule has 0 saturated carbocycles. The lowest BCUT2D eigenvalue weighted by molar-refractivity contribution is -0.122. The quantitative estimate of drug-likeness (QED) is 0.864. The molecule has 0 fully saturated rings. The number of methoxy groups -OCH3 is 1. The number of carbonyl (C=O) groups excluding carboxylic acids is 2. The van der Waals surface area contributed by atoms with Gasteiger partial charge in [-0.2, -0.15) is 0 Å². The van der Waals surface area contributed by atoms with Gasteiger partial charge in [-0.05, 0) is 62.2 Å². The number of rotatable bonds is 5. The summed E-state index contributed by atoms with van der Waals surface area (Å²) in [5.41, 5.74) is 3.41. The zero-order valence-electron chi connectivity index (χ0n) is 14.8. The lowest BCUT2D eigenvalue weighted by atomic mass is 10.1. The highest BCUT2D eigenvalue weighted by Gasteiger charge is 2.16. The van der Waals surface area contributed by atoms with Gasteiger partial charge >= 0.3 is 6.09 Å². The van der Waals surface area contributed by atoms with Crippen molar-refractivity contribution in [1.82, 2.24) is 0 Å². The fraction of sp³-hybridized carbons (Fsp3) is 0.263. The van der Waals surface area contributed by atoms with E-state index < -0.39 is 12.2 Å². The highest BCUT2D eigenvalue weighted by molar-refractivity contribution is 5.94. The Morgan fingerprint density at radius 1 is 1.00 bits per heavy atom. The van der Waals surface area contributed by atoms with Gasteiger partial charge in [0.25, 0.3) is 5.91 Å². The number of aryl methyl sites for hydroxylation is 2. The Morgan fingerprint density at radius 2 is 1.68 bits per heavy atom. The van der Waals surface area contributed by atoms with E-state index in [9.17, 15) is 9.59 Å². The van der Waals surface area contributed by atoms with Gasteiger partial charge in [0.15, 0.2) is 6.10 Å². The Labute approximate surface area is 147 Å². The molecule has 0 aromatic heterocycles. The van der Waals surface area contributed by atoms with Crippen LogP contribution in [0.4, 0.5) is 16.2 Å². The first kappa shape index (κ1) is 18.3. The molecule has 25 heavy (non-hydrogen) atoms. The van der Waals surface area contributed by atoms with Crippen LogP contribution in [0, 0.1) is 13.8 Å². The highest BCUT2D eigenvalue weighted by atomic mass is 16.5. The third-order valence-corrected chi connectivity index (χ3v) is 3.62. The first-order chi connectivity index (χ1) is 11.9. The number of benzene rings is 2. The van der Waals surface area contributed by atoms with Crippen molar-refractivity contribution in [3.8, 4) is 5.75 Å². The summed E-state index contributed by atoms with van der Waals surface area (Å²) < 4.78 is 10.2. The fourth-order valence-corrected chi connectivity index (χ4v) is 2.15. The summed E-state index contributed by atoms with van der Waals surface area (Å²) in [4.78, 5) is 23.5. The molecule has 2 rings (SSSR count). The SMILES string of the molecule is COC(=O)Nc1ccc(OC(C)C(=O)Nc2cc(C)ccc2C)cc1. The minimum Gasteiger partial charge on any atom is -0.481 e. The van der Waals surface area contributed by atoms with Crippen LogP contribution in [-0.2, 0) is 9.53 Å². The normalized spacial score (nSPS) is 11.4. The zero-order valence-corrected chi connectivity index (χ0v) is 14.8. The fourth-order valence-electron chi connectivity index (χ4n) is 2.15. The molecule has 0 aliphatic rings. The molecule has 1 unspecified atom stereocenters. The predicted molar refractivity (Wildman–Crippen MR) is 97.1 cm³/mol. The molecule has 0 aliphatic heterocycles. The van der Waals surface area contributed by atoms with Crippen LogP contribution in [0.2, 0.25) is 0 Å². The van der Waals surface area contributed by atoms with E-state index in [-0.39, 0.29) is 5.91 Å². The number of ether oxygens (including phenoxy) is 2. The largest absolute Gasteiger partial charge is 0.481 e. The molecular weight excluding hydrogens is 320 g/mol. The molecule has 2 amide bonds. The van der Waals surface area contributed by atoms with Gasteiger partial charge in [0.2, 0.25) is 0 Å². The van der Waals surface area contributed by atoms with Crippen molar-refractivity contribution < 1.29 is 19.1 Å². The van der Waals surface area contributed by atoms with Crippen molar-refractivity contribution in [2.24, 2.45) is 0 Å². The molecular formula is C19H22N2O4. The summed E-state index contributed by atoms with van der Waals surface area (Å²) in [6, 6.07) is 12.6. The second-order valence-electron chi connectivity index (χ2n) is 5.71. The van der Waals surface area contributed by atoms with E-state index in [2.05, 4.69) is 15.4 Å². The van der Waals surface area contributed by atoms with Crippen LogP contribution in [-0.4, -0.2) is 25.2 Å². The Morgan fingerprint density at radius 3 is 2.32 bits per heavy atom. The Kier molecular flexibility index (Phi) is 6.00. The van der Waals surface area contributed by atoms with E-state index in [1.807, 2.05) is 32.0 Å². The molecule has 0 spiro atoms. The van der Waals surface area contributed by atoms with Gasteiger partial charge in [-0.25, -0.2) is 4.79 Å². The minimum atomic E-state index is -0.667. The standard InChI is InChI=1S/C19H22N2O4/c1-12-5-6-13(2)17(11-12)21-18(22)14(3)25-16-9-7-15(8-10-16)20-19(23)24-4/h5-11,14H,1-4H3,(H,20,23)(H,21,22). The van der Waals surface area contributed by atoms with Crippen LogP contribution in [0.3, 0.4) is 0 Å². The molecule has 2 aromatic rings. The number of nitrogens with one attached hydrogen (secondary N) is 2. The number of amides is 2. The maximum Gasteiger partial charge on any atom is 0.411 e. The molecule has 2 N–H and O–H groups in total. The maximum absolute atomic E-state index is 12.3. The lowest BCUT2D eigenvalue weighted by Crippen LogP contribution is -2.30. The second-order valence-corrected chi connectivity index (χ2v) is 5.71. The molecule has 6 heteroatoms. The van der Waals surface area contributed by atoms with Gasteiger partial charge in [0.05, 0.1) is 7.11 Å². The molecule has 0 saturated heterocycles. The van der Waals surface area contributed by atoms with Gasteiger partial charge in [0.1, 0.15) is 5.75 Å². The average Bonchev–Trinajstić information content (AvgIpc) is 2.59. The van der Waals surface area contributed by atoms with Gasteiger partial charge in [-0.3, -0.25) is 10.1 Å². The van der Waals surface area contributed by atoms with E-state index in [1.165, 1.54) is 7.11 Å². The minimum absolute atomic E-state index is 0.231. The van der Waals surface area contributed by atoms with Gasteiger partial charge in [0, 0.05) is 11.4 Å². The van der Waals surface area contributed by atoms with Crippen LogP contribution < -0.4 is 15.4 Å². The first-order valence-electron chi connectivity index (χ1n) is 7.89. The van der Waals surface area contributed by atoms with E-state index >= 15 is 0 Å². The summed E-state index contributed by atoms with van der Waals surface area (Å²) in [5.74, 6) is 0.296. The van der Waals surface area contributed by atoms with E-state index in [1.54, 1.807) is 31.2 Å². The van der Waals surface area contributed by atoms with Crippen LogP contribution in [0.1, 0.15) is 18.1 Å². The van der Waals surface area contributed by atoms with Crippen molar-refractivity contribution in [2.75, 3.05) is 17.7 Å². The topological polar surface area (TPSA) is 76.7 Å². The highest BCUT2D eigenvalue weighted by Crippen LogP contribution is 2.19. The van der Waals surface area contributed by atoms with Crippen LogP contribution in [0.5, 0.6) is 5.75 Å². The average molecular weight is 342 g/mol. The first-order valence-corrected chi connectivity index (χ1v) is 7.89. The molecule has 0 bridgehead atoms. The van der Waals surface area contributed by atoms with Crippen molar-refractivity contribution in [3.63, 3.8) is 0 Å². The van der Waals surface area contributed by atoms with Crippen molar-refractivity contribution in [1.29, 1.82) is 0 Å². The van der Waals surface area contributed by atoms with Gasteiger partial charge in [-0.1, -0.05) is 12.1 Å². The van der Waals surface area contributed by atoms with Crippen LogP contribution >= 0.6 is 0 Å². The molecule has 2 aromatic carbocycles. The summed E-state index contributed by atoms with van der Waals surface area (Å²) in [6.07, 6.45) is -1.21. The Balaban J connectivity index is 1.96. The smallest absolute Gasteiger partial charge is 0.411 e. The zero-order chi connectivity index (χ0) is 18.4. The summed E-state index contributed by atoms with van der Waals surface area (Å²) >= 11 is 0. The molecule has 0 radical (unpaired) electrons. The van der Waals surface area contributed by atoms with E-state index in [0.717, 1.165) is 16.8 Å². The number of anilines is 2. The predicted octanol–water partition coefficient (Wildman–Crippen LogP) is 3.89.